The molecule has 0 aromatic carbocycles. The third-order valence-corrected chi connectivity index (χ3v) is 4.52. The Labute approximate surface area is 146 Å². The average Bonchev–Trinajstić information content (AvgIpc) is 2.87. The van der Waals surface area contributed by atoms with Crippen molar-refractivity contribution in [3.8, 4) is 11.5 Å². The van der Waals surface area contributed by atoms with E-state index >= 15 is 0 Å². The van der Waals surface area contributed by atoms with E-state index in [2.05, 4.69) is 20.3 Å². The van der Waals surface area contributed by atoms with Crippen LogP contribution in [-0.4, -0.2) is 31.7 Å². The van der Waals surface area contributed by atoms with Gasteiger partial charge in [0.15, 0.2) is 11.4 Å². The van der Waals surface area contributed by atoms with Gasteiger partial charge in [-0.25, -0.2) is 9.97 Å². The van der Waals surface area contributed by atoms with E-state index in [1.54, 1.807) is 24.5 Å². The summed E-state index contributed by atoms with van der Waals surface area (Å²) in [7, 11) is 1.92. The lowest BCUT2D eigenvalue weighted by molar-refractivity contribution is -0.114. The first-order chi connectivity index (χ1) is 11.5. The summed E-state index contributed by atoms with van der Waals surface area (Å²) in [4.78, 5) is 22.8. The molecule has 0 radical (unpaired) electrons. The Morgan fingerprint density at radius 3 is 2.96 bits per heavy atom. The van der Waals surface area contributed by atoms with Crippen molar-refractivity contribution in [2.24, 2.45) is 7.05 Å². The zero-order chi connectivity index (χ0) is 17.3. The van der Waals surface area contributed by atoms with Gasteiger partial charge in [-0.05, 0) is 12.3 Å². The predicted octanol–water partition coefficient (Wildman–Crippen LogP) is 3.33. The molecule has 0 spiro atoms. The number of carbonyl (C=O) groups excluding carboxylic acids is 1. The fraction of sp³-hybridized carbons (Fsp3) is 0.200. The Morgan fingerprint density at radius 1 is 1.46 bits per heavy atom. The van der Waals surface area contributed by atoms with Gasteiger partial charge in [0.25, 0.3) is 0 Å². The molecule has 0 saturated carbocycles. The smallest absolute Gasteiger partial charge is 0.222 e. The molecule has 3 rings (SSSR count). The summed E-state index contributed by atoms with van der Waals surface area (Å²) in [5.41, 5.74) is 1.47. The largest absolute Gasteiger partial charge is 0.454 e. The highest BCUT2D eigenvalue weighted by Crippen LogP contribution is 2.34. The van der Waals surface area contributed by atoms with Gasteiger partial charge in [-0.1, -0.05) is 11.6 Å². The quantitative estimate of drug-likeness (QED) is 0.491. The molecule has 0 atom stereocenters. The van der Waals surface area contributed by atoms with Crippen LogP contribution in [-0.2, 0) is 11.8 Å². The Bertz CT molecular complexity index is 995. The molecule has 0 aliphatic rings. The summed E-state index contributed by atoms with van der Waals surface area (Å²) in [6.45, 7) is 1.42. The molecule has 1 amide bonds. The third kappa shape index (κ3) is 3.15. The molecule has 0 aliphatic carbocycles. The fourth-order valence-corrected chi connectivity index (χ4v) is 3.20. The van der Waals surface area contributed by atoms with Gasteiger partial charge >= 0.3 is 0 Å². The van der Waals surface area contributed by atoms with Crippen LogP contribution in [0.3, 0.4) is 0 Å². The standard InChI is InChI=1S/C15H16ClN5O2S/c1-8(22)19-11-6-9(4-5-17-11)23-10-7-18-14-13(12(10)16)21(2)15(20-14)24-3/h4-7,24H,1-3H3,(H,18,20)(H,17,19,22). The molecule has 3 aromatic rings. The molecular weight excluding hydrogens is 350 g/mol. The number of thiol groups is 1. The predicted molar refractivity (Wildman–Crippen MR) is 96.8 cm³/mol. The van der Waals surface area contributed by atoms with Crippen molar-refractivity contribution in [2.45, 2.75) is 6.92 Å². The number of H-pyrrole nitrogens is 1. The lowest BCUT2D eigenvalue weighted by Crippen LogP contribution is -2.07. The number of halogens is 1. The summed E-state index contributed by atoms with van der Waals surface area (Å²) in [5, 5.41) is 3.07. The van der Waals surface area contributed by atoms with Gasteiger partial charge in [0.1, 0.15) is 26.9 Å². The topological polar surface area (TPSA) is 84.8 Å². The number of amides is 1. The molecule has 0 aliphatic heterocycles. The molecule has 3 heterocycles. The van der Waals surface area contributed by atoms with Gasteiger partial charge in [-0.2, -0.15) is 11.4 Å². The molecule has 0 saturated heterocycles. The number of fused-ring (bicyclic) bond motifs is 1. The summed E-state index contributed by atoms with van der Waals surface area (Å²) in [6.07, 6.45) is 5.14. The van der Waals surface area contributed by atoms with Crippen LogP contribution < -0.4 is 10.1 Å². The van der Waals surface area contributed by atoms with E-state index in [4.69, 9.17) is 16.3 Å². The second-order valence-corrected chi connectivity index (χ2v) is 6.27. The average molecular weight is 366 g/mol. The van der Waals surface area contributed by atoms with Gasteiger partial charge in [0.2, 0.25) is 5.91 Å². The highest BCUT2D eigenvalue weighted by molar-refractivity contribution is 7.90. The van der Waals surface area contributed by atoms with Crippen LogP contribution in [0.5, 0.6) is 11.5 Å². The van der Waals surface area contributed by atoms with Crippen molar-refractivity contribution in [2.75, 3.05) is 11.6 Å². The molecule has 0 bridgehead atoms. The number of carbonyl (C=O) groups is 1. The first-order valence-corrected chi connectivity index (χ1v) is 8.79. The molecule has 126 valence electrons. The molecule has 0 unspecified atom stereocenters. The van der Waals surface area contributed by atoms with Crippen LogP contribution in [0, 0.1) is 4.77 Å². The molecular formula is C15H16ClN5O2S. The number of hydrogen-bond acceptors (Lipinski definition) is 4. The van der Waals surface area contributed by atoms with E-state index in [-0.39, 0.29) is 5.91 Å². The lowest BCUT2D eigenvalue weighted by Gasteiger charge is -2.09. The van der Waals surface area contributed by atoms with Gasteiger partial charge in [0, 0.05) is 26.2 Å². The van der Waals surface area contributed by atoms with Crippen LogP contribution in [0.1, 0.15) is 6.92 Å². The van der Waals surface area contributed by atoms with E-state index in [0.717, 1.165) is 21.6 Å². The minimum atomic E-state index is -0.202. The lowest BCUT2D eigenvalue weighted by atomic mass is 10.4. The molecule has 0 fully saturated rings. The number of aromatic nitrogens is 4. The highest BCUT2D eigenvalue weighted by atomic mass is 35.5. The number of aromatic amines is 1. The molecule has 7 nitrogen and oxygen atoms in total. The first-order valence-electron chi connectivity index (χ1n) is 7.07. The van der Waals surface area contributed by atoms with E-state index in [9.17, 15) is 4.79 Å². The number of ether oxygens (including phenoxy) is 1. The summed E-state index contributed by atoms with van der Waals surface area (Å²) >= 11 is 7.58. The fourth-order valence-electron chi connectivity index (χ4n) is 2.28. The zero-order valence-electron chi connectivity index (χ0n) is 13.3. The molecule has 24 heavy (non-hydrogen) atoms. The van der Waals surface area contributed by atoms with Gasteiger partial charge in [-0.3, -0.25) is 4.79 Å². The minimum absolute atomic E-state index is 0.202. The van der Waals surface area contributed by atoms with E-state index in [0.29, 0.717) is 28.0 Å². The number of nitrogens with one attached hydrogen (secondary N) is 2. The number of nitrogens with zero attached hydrogens (tertiary/aromatic N) is 3. The molecule has 2 N–H and O–H groups in total. The molecule has 9 heteroatoms. The van der Waals surface area contributed by atoms with Crippen LogP contribution in [0.2, 0.25) is 5.02 Å². The number of rotatable bonds is 3. The van der Waals surface area contributed by atoms with Crippen molar-refractivity contribution < 1.29 is 9.53 Å². The SMILES string of the molecule is C[SH]=c1[nH]c2ncc(Oc3ccnc(NC(C)=O)c3)c(Cl)c2n1C. The van der Waals surface area contributed by atoms with Crippen molar-refractivity contribution >= 4 is 45.8 Å². The van der Waals surface area contributed by atoms with Crippen LogP contribution >= 0.6 is 23.0 Å². The number of anilines is 1. The molecule has 3 aromatic heterocycles. The van der Waals surface area contributed by atoms with Crippen molar-refractivity contribution in [3.63, 3.8) is 0 Å². The first kappa shape index (κ1) is 16.5. The number of pyridine rings is 2. The van der Waals surface area contributed by atoms with E-state index in [1.807, 2.05) is 17.9 Å². The van der Waals surface area contributed by atoms with Gasteiger partial charge in [0.05, 0.1) is 6.20 Å². The second-order valence-electron chi connectivity index (χ2n) is 5.02. The van der Waals surface area contributed by atoms with Gasteiger partial charge in [-0.15, -0.1) is 0 Å². The second kappa shape index (κ2) is 6.66. The number of imidazole rings is 1. The normalized spacial score (nSPS) is 12.1. The Kier molecular flexibility index (Phi) is 4.59. The maximum Gasteiger partial charge on any atom is 0.222 e. The monoisotopic (exact) mass is 365 g/mol. The Hall–Kier alpha value is -2.32. The van der Waals surface area contributed by atoms with Crippen molar-refractivity contribution in [3.05, 3.63) is 34.3 Å². The Morgan fingerprint density at radius 2 is 2.25 bits per heavy atom. The summed E-state index contributed by atoms with van der Waals surface area (Å²) < 4.78 is 8.77. The highest BCUT2D eigenvalue weighted by Gasteiger charge is 2.13. The Balaban J connectivity index is 2.00. The maximum atomic E-state index is 11.1. The number of hydrogen-bond donors (Lipinski definition) is 3. The third-order valence-electron chi connectivity index (χ3n) is 3.32. The zero-order valence-corrected chi connectivity index (χ0v) is 14.9. The van der Waals surface area contributed by atoms with E-state index in [1.165, 1.54) is 6.92 Å². The van der Waals surface area contributed by atoms with Crippen LogP contribution in [0.15, 0.2) is 24.5 Å². The minimum Gasteiger partial charge on any atom is -0.454 e. The van der Waals surface area contributed by atoms with E-state index < -0.39 is 0 Å². The van der Waals surface area contributed by atoms with Crippen molar-refractivity contribution in [1.29, 1.82) is 0 Å². The van der Waals surface area contributed by atoms with Crippen molar-refractivity contribution in [1.82, 2.24) is 19.5 Å². The van der Waals surface area contributed by atoms with Gasteiger partial charge < -0.3 is 19.6 Å². The van der Waals surface area contributed by atoms with Crippen LogP contribution in [0.25, 0.3) is 11.2 Å². The maximum absolute atomic E-state index is 11.1. The van der Waals surface area contributed by atoms with Crippen LogP contribution in [0.4, 0.5) is 5.82 Å². The summed E-state index contributed by atoms with van der Waals surface area (Å²) in [6, 6.07) is 3.30. The number of aryl methyl sites for hydroxylation is 1. The summed E-state index contributed by atoms with van der Waals surface area (Å²) in [5.74, 6) is 1.14.